The molecule has 2 N–H and O–H groups in total. The number of hydrogen-bond donors (Lipinski definition) is 1. The second-order valence-corrected chi connectivity index (χ2v) is 8.49. The Labute approximate surface area is 173 Å². The molecular formula is C23H33N5O. The van der Waals surface area contributed by atoms with Crippen LogP contribution < -0.4 is 5.73 Å². The standard InChI is InChI=1S/C23H33N5O/c1-4-5-10-19(27-11-13-29-14-12-27)23-26-20-21(28(23)15-16(2)3)17-8-6-7-9-18(17)25-22(20)24/h6-9,16,19H,4-5,10-15H2,1-3H3,(H2,24,25). The highest BCUT2D eigenvalue weighted by Crippen LogP contribution is 2.35. The van der Waals surface area contributed by atoms with Crippen molar-refractivity contribution in [2.45, 2.75) is 52.6 Å². The number of fused-ring (bicyclic) bond motifs is 3. The monoisotopic (exact) mass is 395 g/mol. The number of benzene rings is 1. The molecule has 3 heterocycles. The molecule has 1 aliphatic heterocycles. The minimum Gasteiger partial charge on any atom is -0.382 e. The van der Waals surface area contributed by atoms with Gasteiger partial charge in [0, 0.05) is 25.0 Å². The Morgan fingerprint density at radius 2 is 1.90 bits per heavy atom. The molecule has 0 amide bonds. The Hall–Kier alpha value is -2.18. The van der Waals surface area contributed by atoms with Gasteiger partial charge in [-0.25, -0.2) is 9.97 Å². The quantitative estimate of drug-likeness (QED) is 0.643. The number of nitrogen functional groups attached to an aromatic ring is 1. The third kappa shape index (κ3) is 3.96. The number of anilines is 1. The van der Waals surface area contributed by atoms with Gasteiger partial charge in [-0.1, -0.05) is 51.8 Å². The normalized spacial score (nSPS) is 16.8. The van der Waals surface area contributed by atoms with E-state index in [1.54, 1.807) is 0 Å². The number of morpholine rings is 1. The second-order valence-electron chi connectivity index (χ2n) is 8.49. The first-order valence-corrected chi connectivity index (χ1v) is 11.0. The molecule has 6 heteroatoms. The molecule has 1 aliphatic rings. The van der Waals surface area contributed by atoms with Gasteiger partial charge in [-0.3, -0.25) is 4.90 Å². The third-order valence-electron chi connectivity index (χ3n) is 5.80. The summed E-state index contributed by atoms with van der Waals surface area (Å²) in [5.74, 6) is 2.17. The minimum absolute atomic E-state index is 0.281. The van der Waals surface area contributed by atoms with Gasteiger partial charge in [0.15, 0.2) is 5.82 Å². The highest BCUT2D eigenvalue weighted by atomic mass is 16.5. The molecule has 1 aromatic carbocycles. The van der Waals surface area contributed by atoms with Crippen LogP contribution in [0, 0.1) is 5.92 Å². The number of rotatable bonds is 7. The molecule has 156 valence electrons. The van der Waals surface area contributed by atoms with E-state index < -0.39 is 0 Å². The first-order valence-electron chi connectivity index (χ1n) is 11.0. The molecular weight excluding hydrogens is 362 g/mol. The van der Waals surface area contributed by atoms with Gasteiger partial charge in [-0.15, -0.1) is 0 Å². The van der Waals surface area contributed by atoms with Gasteiger partial charge in [-0.05, 0) is 18.4 Å². The van der Waals surface area contributed by atoms with Crippen LogP contribution in [-0.4, -0.2) is 45.7 Å². The number of pyridine rings is 1. The Kier molecular flexibility index (Phi) is 6.01. The molecule has 1 fully saturated rings. The predicted molar refractivity (Wildman–Crippen MR) is 119 cm³/mol. The number of aromatic nitrogens is 3. The van der Waals surface area contributed by atoms with Gasteiger partial charge in [0.1, 0.15) is 11.3 Å². The molecule has 29 heavy (non-hydrogen) atoms. The summed E-state index contributed by atoms with van der Waals surface area (Å²) >= 11 is 0. The van der Waals surface area contributed by atoms with E-state index in [0.29, 0.717) is 11.7 Å². The van der Waals surface area contributed by atoms with Crippen molar-refractivity contribution < 1.29 is 4.74 Å². The zero-order chi connectivity index (χ0) is 20.4. The minimum atomic E-state index is 0.281. The highest BCUT2D eigenvalue weighted by molar-refractivity contribution is 6.06. The average molecular weight is 396 g/mol. The van der Waals surface area contributed by atoms with E-state index >= 15 is 0 Å². The summed E-state index contributed by atoms with van der Waals surface area (Å²) < 4.78 is 8.05. The Morgan fingerprint density at radius 1 is 1.14 bits per heavy atom. The van der Waals surface area contributed by atoms with Crippen LogP contribution in [0.25, 0.3) is 21.9 Å². The van der Waals surface area contributed by atoms with E-state index in [2.05, 4.69) is 47.4 Å². The van der Waals surface area contributed by atoms with Crippen molar-refractivity contribution in [1.82, 2.24) is 19.4 Å². The maximum Gasteiger partial charge on any atom is 0.152 e. The molecule has 0 spiro atoms. The Morgan fingerprint density at radius 3 is 2.62 bits per heavy atom. The van der Waals surface area contributed by atoms with Crippen molar-refractivity contribution in [3.63, 3.8) is 0 Å². The molecule has 0 saturated carbocycles. The van der Waals surface area contributed by atoms with Gasteiger partial charge in [0.25, 0.3) is 0 Å². The van der Waals surface area contributed by atoms with Crippen molar-refractivity contribution in [2.24, 2.45) is 5.92 Å². The average Bonchev–Trinajstić information content (AvgIpc) is 3.09. The molecule has 6 nitrogen and oxygen atoms in total. The molecule has 1 atom stereocenters. The molecule has 4 rings (SSSR count). The van der Waals surface area contributed by atoms with Crippen molar-refractivity contribution in [3.8, 4) is 0 Å². The van der Waals surface area contributed by atoms with E-state index in [1.165, 1.54) is 12.8 Å². The van der Waals surface area contributed by atoms with Gasteiger partial charge in [0.2, 0.25) is 0 Å². The van der Waals surface area contributed by atoms with E-state index in [9.17, 15) is 0 Å². The predicted octanol–water partition coefficient (Wildman–Crippen LogP) is 4.39. The zero-order valence-corrected chi connectivity index (χ0v) is 17.9. The van der Waals surface area contributed by atoms with Crippen LogP contribution in [0.4, 0.5) is 5.82 Å². The van der Waals surface area contributed by atoms with Gasteiger partial charge in [-0.2, -0.15) is 0 Å². The number of hydrogen-bond acceptors (Lipinski definition) is 5. The molecule has 0 bridgehead atoms. The number of unbranched alkanes of at least 4 members (excludes halogenated alkanes) is 1. The van der Waals surface area contributed by atoms with Crippen LogP contribution in [0.15, 0.2) is 24.3 Å². The van der Waals surface area contributed by atoms with Crippen LogP contribution in [-0.2, 0) is 11.3 Å². The number of nitrogens with two attached hydrogens (primary N) is 1. The summed E-state index contributed by atoms with van der Waals surface area (Å²) in [6.07, 6.45) is 3.46. The molecule has 2 aromatic heterocycles. The lowest BCUT2D eigenvalue weighted by Crippen LogP contribution is -2.40. The zero-order valence-electron chi connectivity index (χ0n) is 17.9. The van der Waals surface area contributed by atoms with Crippen molar-refractivity contribution >= 4 is 27.8 Å². The number of nitrogens with zero attached hydrogens (tertiary/aromatic N) is 4. The van der Waals surface area contributed by atoms with Crippen LogP contribution in [0.3, 0.4) is 0 Å². The van der Waals surface area contributed by atoms with E-state index in [0.717, 1.165) is 67.0 Å². The molecule has 0 aliphatic carbocycles. The van der Waals surface area contributed by atoms with E-state index in [4.69, 9.17) is 15.5 Å². The molecule has 0 radical (unpaired) electrons. The summed E-state index contributed by atoms with van der Waals surface area (Å²) in [6, 6.07) is 8.55. The first kappa shape index (κ1) is 20.1. The maximum absolute atomic E-state index is 6.39. The van der Waals surface area contributed by atoms with Gasteiger partial charge in [0.05, 0.1) is 30.3 Å². The topological polar surface area (TPSA) is 69.2 Å². The van der Waals surface area contributed by atoms with E-state index in [1.807, 2.05) is 12.1 Å². The van der Waals surface area contributed by atoms with Crippen LogP contribution in [0.5, 0.6) is 0 Å². The van der Waals surface area contributed by atoms with Gasteiger partial charge < -0.3 is 15.0 Å². The maximum atomic E-state index is 6.39. The van der Waals surface area contributed by atoms with Crippen molar-refractivity contribution in [2.75, 3.05) is 32.0 Å². The fraction of sp³-hybridized carbons (Fsp3) is 0.565. The van der Waals surface area contributed by atoms with Crippen molar-refractivity contribution in [3.05, 3.63) is 30.1 Å². The second kappa shape index (κ2) is 8.67. The highest BCUT2D eigenvalue weighted by Gasteiger charge is 2.29. The van der Waals surface area contributed by atoms with Crippen LogP contribution in [0.2, 0.25) is 0 Å². The summed E-state index contributed by atoms with van der Waals surface area (Å²) in [4.78, 5) is 12.3. The Balaban J connectivity index is 1.93. The lowest BCUT2D eigenvalue weighted by Gasteiger charge is -2.34. The fourth-order valence-electron chi connectivity index (χ4n) is 4.44. The van der Waals surface area contributed by atoms with Crippen molar-refractivity contribution in [1.29, 1.82) is 0 Å². The summed E-state index contributed by atoms with van der Waals surface area (Å²) in [5.41, 5.74) is 9.30. The smallest absolute Gasteiger partial charge is 0.152 e. The number of para-hydroxylation sites is 1. The molecule has 1 saturated heterocycles. The SMILES string of the molecule is CCCCC(c1nc2c(N)nc3ccccc3c2n1CC(C)C)N1CCOCC1. The lowest BCUT2D eigenvalue weighted by atomic mass is 10.1. The summed E-state index contributed by atoms with van der Waals surface area (Å²) in [7, 11) is 0. The number of ether oxygens (including phenoxy) is 1. The lowest BCUT2D eigenvalue weighted by molar-refractivity contribution is 0.0111. The fourth-order valence-corrected chi connectivity index (χ4v) is 4.44. The molecule has 3 aromatic rings. The van der Waals surface area contributed by atoms with Crippen LogP contribution in [0.1, 0.15) is 51.9 Å². The van der Waals surface area contributed by atoms with E-state index in [-0.39, 0.29) is 6.04 Å². The molecule has 1 unspecified atom stereocenters. The van der Waals surface area contributed by atoms with Gasteiger partial charge >= 0.3 is 0 Å². The largest absolute Gasteiger partial charge is 0.382 e. The first-order chi connectivity index (χ1) is 14.1. The summed E-state index contributed by atoms with van der Waals surface area (Å²) in [5, 5.41) is 1.13. The number of imidazole rings is 1. The van der Waals surface area contributed by atoms with Crippen LogP contribution >= 0.6 is 0 Å². The summed E-state index contributed by atoms with van der Waals surface area (Å²) in [6.45, 7) is 11.2. The third-order valence-corrected chi connectivity index (χ3v) is 5.80. The Bertz CT molecular complexity index is 974.